The van der Waals surface area contributed by atoms with Crippen LogP contribution in [-0.4, -0.2) is 39.2 Å². The Morgan fingerprint density at radius 2 is 1.79 bits per heavy atom. The maximum Gasteiger partial charge on any atom is 0.312 e. The summed E-state index contributed by atoms with van der Waals surface area (Å²) in [6.07, 6.45) is 0.496. The molecule has 0 aromatic heterocycles. The van der Waals surface area contributed by atoms with E-state index in [4.69, 9.17) is 10.8 Å². The summed E-state index contributed by atoms with van der Waals surface area (Å²) in [5, 5.41) is 9.16. The van der Waals surface area contributed by atoms with Gasteiger partial charge >= 0.3 is 5.97 Å². The smallest absolute Gasteiger partial charge is 0.312 e. The van der Waals surface area contributed by atoms with Gasteiger partial charge in [0.05, 0.1) is 12.1 Å². The van der Waals surface area contributed by atoms with E-state index in [0.717, 1.165) is 16.7 Å². The molecule has 0 spiro atoms. The Balaban J connectivity index is 2.09. The highest BCUT2D eigenvalue weighted by molar-refractivity contribution is 6.02. The van der Waals surface area contributed by atoms with E-state index >= 15 is 0 Å². The van der Waals surface area contributed by atoms with Crippen molar-refractivity contribution in [1.82, 2.24) is 9.80 Å². The maximum atomic E-state index is 14.0. The number of amides is 2. The lowest BCUT2D eigenvalue weighted by molar-refractivity contribution is -0.146. The molecular formula is C26H31N3O4. The van der Waals surface area contributed by atoms with Crippen molar-refractivity contribution in [2.24, 2.45) is 0 Å². The highest BCUT2D eigenvalue weighted by atomic mass is 16.4. The number of carboxylic acids is 1. The van der Waals surface area contributed by atoms with Crippen LogP contribution in [0.4, 0.5) is 5.69 Å². The number of nitrogen functional groups attached to an aromatic ring is 1. The Hall–Kier alpha value is -3.61. The summed E-state index contributed by atoms with van der Waals surface area (Å²) in [6.45, 7) is 5.99. The largest absolute Gasteiger partial charge is 0.481 e. The van der Waals surface area contributed by atoms with Gasteiger partial charge in [-0.15, -0.1) is 0 Å². The molecule has 2 aromatic rings. The van der Waals surface area contributed by atoms with E-state index in [0.29, 0.717) is 18.5 Å². The number of benzene rings is 2. The van der Waals surface area contributed by atoms with E-state index in [2.05, 4.69) is 0 Å². The van der Waals surface area contributed by atoms with Gasteiger partial charge in [0.25, 0.3) is 5.91 Å². The first-order chi connectivity index (χ1) is 15.7. The summed E-state index contributed by atoms with van der Waals surface area (Å²) >= 11 is 0. The fraction of sp³-hybridized carbons (Fsp3) is 0.346. The fourth-order valence-electron chi connectivity index (χ4n) is 4.42. The molecule has 0 radical (unpaired) electrons. The molecule has 2 atom stereocenters. The van der Waals surface area contributed by atoms with Gasteiger partial charge in [-0.1, -0.05) is 49.4 Å². The molecule has 0 fully saturated rings. The zero-order chi connectivity index (χ0) is 24.1. The summed E-state index contributed by atoms with van der Waals surface area (Å²) in [6, 6.07) is 16.7. The second-order valence-corrected chi connectivity index (χ2v) is 8.43. The van der Waals surface area contributed by atoms with Gasteiger partial charge in [0.1, 0.15) is 12.1 Å². The monoisotopic (exact) mass is 449 g/mol. The number of hydrogen-bond donors (Lipinski definition) is 2. The van der Waals surface area contributed by atoms with Crippen LogP contribution in [0.15, 0.2) is 65.9 Å². The van der Waals surface area contributed by atoms with Gasteiger partial charge in [-0.25, -0.2) is 0 Å². The normalized spacial score (nSPS) is 17.1. The van der Waals surface area contributed by atoms with Crippen LogP contribution in [0.3, 0.4) is 0 Å². The van der Waals surface area contributed by atoms with Crippen LogP contribution in [0.25, 0.3) is 0 Å². The van der Waals surface area contributed by atoms with Crippen LogP contribution in [0, 0.1) is 0 Å². The molecule has 2 aromatic carbocycles. The van der Waals surface area contributed by atoms with Crippen molar-refractivity contribution in [3.63, 3.8) is 0 Å². The van der Waals surface area contributed by atoms with Crippen LogP contribution in [0.5, 0.6) is 0 Å². The minimum atomic E-state index is -1.21. The van der Waals surface area contributed by atoms with Gasteiger partial charge in [-0.05, 0) is 55.5 Å². The van der Waals surface area contributed by atoms with Crippen molar-refractivity contribution in [3.8, 4) is 0 Å². The molecule has 3 N–H and O–H groups in total. The second kappa shape index (κ2) is 10.3. The van der Waals surface area contributed by atoms with Crippen molar-refractivity contribution in [1.29, 1.82) is 0 Å². The molecule has 0 aliphatic carbocycles. The minimum absolute atomic E-state index is 0.215. The number of aliphatic carboxylic acids is 1. The molecule has 174 valence electrons. The molecule has 1 heterocycles. The second-order valence-electron chi connectivity index (χ2n) is 8.43. The molecule has 7 nitrogen and oxygen atoms in total. The van der Waals surface area contributed by atoms with Crippen molar-refractivity contribution in [2.75, 3.05) is 12.3 Å². The summed E-state index contributed by atoms with van der Waals surface area (Å²) in [5.74, 6) is -2.06. The topological polar surface area (TPSA) is 104 Å². The molecule has 0 saturated carbocycles. The van der Waals surface area contributed by atoms with E-state index in [-0.39, 0.29) is 30.2 Å². The highest BCUT2D eigenvalue weighted by Gasteiger charge is 2.40. The molecule has 0 bridgehead atoms. The third-order valence-corrected chi connectivity index (χ3v) is 6.02. The first-order valence-electron chi connectivity index (χ1n) is 11.2. The van der Waals surface area contributed by atoms with E-state index in [1.807, 2.05) is 63.2 Å². The number of nitrogens with zero attached hydrogens (tertiary/aromatic N) is 2. The third-order valence-electron chi connectivity index (χ3n) is 6.02. The molecule has 7 heteroatoms. The lowest BCUT2D eigenvalue weighted by atomic mass is 9.89. The lowest BCUT2D eigenvalue weighted by Gasteiger charge is -2.43. The van der Waals surface area contributed by atoms with Crippen molar-refractivity contribution in [2.45, 2.75) is 52.1 Å². The van der Waals surface area contributed by atoms with Crippen molar-refractivity contribution >= 4 is 23.5 Å². The Morgan fingerprint density at radius 3 is 2.36 bits per heavy atom. The van der Waals surface area contributed by atoms with Gasteiger partial charge in [0.2, 0.25) is 5.91 Å². The molecule has 3 rings (SSSR count). The average molecular weight is 450 g/mol. The van der Waals surface area contributed by atoms with Crippen LogP contribution >= 0.6 is 0 Å². The van der Waals surface area contributed by atoms with Crippen molar-refractivity contribution < 1.29 is 19.5 Å². The summed E-state index contributed by atoms with van der Waals surface area (Å²) < 4.78 is 0. The van der Waals surface area contributed by atoms with E-state index in [9.17, 15) is 14.4 Å². The lowest BCUT2D eigenvalue weighted by Crippen LogP contribution is -2.47. The zero-order valence-corrected chi connectivity index (χ0v) is 19.3. The summed E-state index contributed by atoms with van der Waals surface area (Å²) in [4.78, 5) is 41.2. The third kappa shape index (κ3) is 5.25. The van der Waals surface area contributed by atoms with Crippen molar-refractivity contribution in [3.05, 3.63) is 77.0 Å². The number of rotatable bonds is 8. The van der Waals surface area contributed by atoms with Gasteiger partial charge in [0.15, 0.2) is 0 Å². The van der Waals surface area contributed by atoms with Gasteiger partial charge < -0.3 is 20.6 Å². The molecule has 1 aliphatic rings. The summed E-state index contributed by atoms with van der Waals surface area (Å²) in [5.41, 5.74) is 9.50. The Labute approximate surface area is 194 Å². The Kier molecular flexibility index (Phi) is 7.53. The molecule has 2 amide bonds. The molecule has 0 unspecified atom stereocenters. The van der Waals surface area contributed by atoms with Gasteiger partial charge in [-0.3, -0.25) is 14.4 Å². The highest BCUT2D eigenvalue weighted by Crippen LogP contribution is 2.41. The number of carbonyl (C=O) groups is 3. The van der Waals surface area contributed by atoms with Crippen LogP contribution < -0.4 is 5.73 Å². The predicted octanol–water partition coefficient (Wildman–Crippen LogP) is 4.29. The molecule has 33 heavy (non-hydrogen) atoms. The first-order valence-corrected chi connectivity index (χ1v) is 11.2. The van der Waals surface area contributed by atoms with Gasteiger partial charge in [-0.2, -0.15) is 0 Å². The fourth-order valence-corrected chi connectivity index (χ4v) is 4.42. The van der Waals surface area contributed by atoms with Crippen LogP contribution in [0.1, 0.15) is 63.2 Å². The van der Waals surface area contributed by atoms with Crippen LogP contribution in [0.2, 0.25) is 0 Å². The summed E-state index contributed by atoms with van der Waals surface area (Å²) in [7, 11) is 0. The van der Waals surface area contributed by atoms with Gasteiger partial charge in [0, 0.05) is 12.2 Å². The predicted molar refractivity (Wildman–Crippen MR) is 127 cm³/mol. The first kappa shape index (κ1) is 24.0. The minimum Gasteiger partial charge on any atom is -0.481 e. The molecule has 1 aliphatic heterocycles. The quantitative estimate of drug-likeness (QED) is 0.462. The number of carbonyl (C=O) groups excluding carboxylic acids is 2. The Morgan fingerprint density at radius 1 is 1.15 bits per heavy atom. The molecule has 0 saturated heterocycles. The number of nitrogens with two attached hydrogens (primary N) is 1. The number of anilines is 1. The van der Waals surface area contributed by atoms with E-state index in [1.54, 1.807) is 17.0 Å². The number of carboxylic acid groups (broad SMARTS) is 1. The SMILES string of the molecule is CCCN(C(=O)CC(=O)O)C1=C(C)C[C@H](c2ccccc2)N([C@@H](C)c2ccc(N)cc2)C1=O. The van der Waals surface area contributed by atoms with E-state index < -0.39 is 18.3 Å². The maximum absolute atomic E-state index is 14.0. The number of hydrogen-bond acceptors (Lipinski definition) is 4. The average Bonchev–Trinajstić information content (AvgIpc) is 2.78. The zero-order valence-electron chi connectivity index (χ0n) is 19.3. The Bertz CT molecular complexity index is 1050. The van der Waals surface area contributed by atoms with Crippen LogP contribution in [-0.2, 0) is 14.4 Å². The van der Waals surface area contributed by atoms with E-state index in [1.165, 1.54) is 4.90 Å². The molecular weight excluding hydrogens is 418 g/mol. The standard InChI is InChI=1S/C26H31N3O4/c1-4-14-28(23(30)16-24(31)32)25-17(2)15-22(20-8-6-5-7-9-20)29(26(25)33)18(3)19-10-12-21(27)13-11-19/h5-13,18,22H,4,14-16,27H2,1-3H3,(H,31,32)/t18-,22+/m0/s1.